The van der Waals surface area contributed by atoms with E-state index in [1.807, 2.05) is 0 Å². The number of nitrogens with zero attached hydrogens (tertiary/aromatic N) is 1. The number of hydrogen-bond donors (Lipinski definition) is 1. The lowest BCUT2D eigenvalue weighted by molar-refractivity contribution is -0.145. The van der Waals surface area contributed by atoms with E-state index in [0.29, 0.717) is 5.92 Å². The molecule has 6 atom stereocenters. The molecule has 0 aromatic rings. The third-order valence-electron chi connectivity index (χ3n) is 7.72. The van der Waals surface area contributed by atoms with Crippen LogP contribution in [0.25, 0.3) is 0 Å². The second-order valence-electron chi connectivity index (χ2n) is 9.01. The molecule has 2 heterocycles. The van der Waals surface area contributed by atoms with Crippen LogP contribution in [0.2, 0.25) is 0 Å². The molecule has 140 valence electrons. The Kier molecular flexibility index (Phi) is 4.70. The van der Waals surface area contributed by atoms with Gasteiger partial charge in [-0.3, -0.25) is 4.79 Å². The molecule has 0 bridgehead atoms. The Labute approximate surface area is 151 Å². The van der Waals surface area contributed by atoms with Gasteiger partial charge in [0.05, 0.1) is 12.0 Å². The van der Waals surface area contributed by atoms with Gasteiger partial charge in [-0.15, -0.1) is 0 Å². The molecule has 2 saturated heterocycles. The lowest BCUT2D eigenvalue weighted by Crippen LogP contribution is -2.54. The molecule has 2 aliphatic heterocycles. The molecule has 3 fully saturated rings. The Morgan fingerprint density at radius 2 is 2.00 bits per heavy atom. The van der Waals surface area contributed by atoms with Gasteiger partial charge in [0.25, 0.3) is 0 Å². The molecule has 0 amide bonds. The van der Waals surface area contributed by atoms with Crippen LogP contribution in [-0.4, -0.2) is 47.8 Å². The lowest BCUT2D eigenvalue weighted by atomic mass is 9.55. The van der Waals surface area contributed by atoms with Gasteiger partial charge in [-0.05, 0) is 44.7 Å². The molecule has 0 aromatic carbocycles. The molecule has 1 saturated carbocycles. The molecule has 4 heteroatoms. The van der Waals surface area contributed by atoms with E-state index in [-0.39, 0.29) is 29.3 Å². The van der Waals surface area contributed by atoms with Gasteiger partial charge < -0.3 is 14.7 Å². The van der Waals surface area contributed by atoms with Gasteiger partial charge in [0.15, 0.2) is 0 Å². The highest BCUT2D eigenvalue weighted by Gasteiger charge is 2.59. The Morgan fingerprint density at radius 1 is 1.28 bits per heavy atom. The first-order valence-electron chi connectivity index (χ1n) is 10.3. The maximum Gasteiger partial charge on any atom is 0.311 e. The van der Waals surface area contributed by atoms with Crippen molar-refractivity contribution in [3.63, 3.8) is 0 Å². The quantitative estimate of drug-likeness (QED) is 0.616. The van der Waals surface area contributed by atoms with Crippen LogP contribution in [0.4, 0.5) is 0 Å². The second-order valence-corrected chi connectivity index (χ2v) is 9.01. The number of fused-ring (bicyclic) bond motifs is 2. The van der Waals surface area contributed by atoms with Crippen molar-refractivity contribution in [3.8, 4) is 0 Å². The molecule has 1 N–H and O–H groups in total. The number of likely N-dealkylation sites (tertiary alicyclic amines) is 1. The molecular formula is C21H33NO3. The number of aliphatic hydroxyl groups excluding tert-OH is 1. The summed E-state index contributed by atoms with van der Waals surface area (Å²) in [6.45, 7) is 7.40. The highest BCUT2D eigenvalue weighted by atomic mass is 16.6. The maximum absolute atomic E-state index is 12.7. The number of hydrogen-bond acceptors (Lipinski definition) is 4. The van der Waals surface area contributed by atoms with E-state index >= 15 is 0 Å². The Morgan fingerprint density at radius 3 is 2.72 bits per heavy atom. The molecular weight excluding hydrogens is 314 g/mol. The van der Waals surface area contributed by atoms with Crippen molar-refractivity contribution < 1.29 is 14.6 Å². The standard InChI is InChI=1S/C21H33NO3/c1-14-8-7-9-15-12-17-18(19(23)21(14,15)2)16(20(24)25-17)13-22-10-5-3-4-6-11-22/h9,14,16-19,23H,3-8,10-13H2,1-2H3/t14-,16-,17+,18+,19+,21+/m0/s1. The maximum atomic E-state index is 12.7. The summed E-state index contributed by atoms with van der Waals surface area (Å²) in [6, 6.07) is 0. The summed E-state index contributed by atoms with van der Waals surface area (Å²) in [4.78, 5) is 15.1. The molecule has 4 rings (SSSR count). The predicted molar refractivity (Wildman–Crippen MR) is 97.0 cm³/mol. The van der Waals surface area contributed by atoms with Gasteiger partial charge in [0, 0.05) is 24.3 Å². The first-order valence-corrected chi connectivity index (χ1v) is 10.3. The summed E-state index contributed by atoms with van der Waals surface area (Å²) < 4.78 is 5.78. The summed E-state index contributed by atoms with van der Waals surface area (Å²) in [6.07, 6.45) is 9.77. The fourth-order valence-electron chi connectivity index (χ4n) is 5.87. The van der Waals surface area contributed by atoms with Gasteiger partial charge in [-0.2, -0.15) is 0 Å². The molecule has 4 aliphatic rings. The van der Waals surface area contributed by atoms with Crippen LogP contribution in [0.1, 0.15) is 58.8 Å². The first-order chi connectivity index (χ1) is 12.0. The third kappa shape index (κ3) is 2.86. The summed E-state index contributed by atoms with van der Waals surface area (Å²) in [5.41, 5.74) is 1.13. The van der Waals surface area contributed by atoms with Crippen LogP contribution in [0.5, 0.6) is 0 Å². The van der Waals surface area contributed by atoms with E-state index in [2.05, 4.69) is 24.8 Å². The van der Waals surface area contributed by atoms with Crippen molar-refractivity contribution in [2.24, 2.45) is 23.2 Å². The minimum atomic E-state index is -0.476. The lowest BCUT2D eigenvalue weighted by Gasteiger charge is -2.52. The number of carbonyl (C=O) groups is 1. The number of ether oxygens (including phenoxy) is 1. The topological polar surface area (TPSA) is 49.8 Å². The summed E-state index contributed by atoms with van der Waals surface area (Å²) in [5, 5.41) is 11.4. The number of aliphatic hydroxyl groups is 1. The molecule has 2 aliphatic carbocycles. The van der Waals surface area contributed by atoms with Crippen LogP contribution in [0.3, 0.4) is 0 Å². The van der Waals surface area contributed by atoms with Crippen molar-refractivity contribution in [1.29, 1.82) is 0 Å². The summed E-state index contributed by atoms with van der Waals surface area (Å²) >= 11 is 0. The number of carbonyl (C=O) groups excluding carboxylic acids is 1. The Balaban J connectivity index is 1.57. The highest BCUT2D eigenvalue weighted by Crippen LogP contribution is 2.56. The van der Waals surface area contributed by atoms with Gasteiger partial charge >= 0.3 is 5.97 Å². The van der Waals surface area contributed by atoms with Gasteiger partial charge in [0.1, 0.15) is 6.10 Å². The van der Waals surface area contributed by atoms with Crippen molar-refractivity contribution in [2.45, 2.75) is 71.0 Å². The molecule has 0 spiro atoms. The Hall–Kier alpha value is -0.870. The van der Waals surface area contributed by atoms with Crippen LogP contribution in [0, 0.1) is 23.2 Å². The van der Waals surface area contributed by atoms with Crippen LogP contribution in [0.15, 0.2) is 11.6 Å². The van der Waals surface area contributed by atoms with E-state index in [1.54, 1.807) is 0 Å². The van der Waals surface area contributed by atoms with Gasteiger partial charge in [-0.1, -0.05) is 38.3 Å². The van der Waals surface area contributed by atoms with E-state index in [0.717, 1.165) is 38.9 Å². The Bertz CT molecular complexity index is 551. The van der Waals surface area contributed by atoms with Crippen molar-refractivity contribution in [1.82, 2.24) is 4.90 Å². The molecule has 0 radical (unpaired) electrons. The monoisotopic (exact) mass is 347 g/mol. The van der Waals surface area contributed by atoms with Crippen molar-refractivity contribution in [3.05, 3.63) is 11.6 Å². The molecule has 0 unspecified atom stereocenters. The van der Waals surface area contributed by atoms with E-state index in [9.17, 15) is 9.90 Å². The molecule has 0 aromatic heterocycles. The molecule has 25 heavy (non-hydrogen) atoms. The first kappa shape index (κ1) is 17.5. The number of allylic oxidation sites excluding steroid dienone is 1. The van der Waals surface area contributed by atoms with Crippen LogP contribution >= 0.6 is 0 Å². The normalized spacial score (nSPS) is 45.2. The van der Waals surface area contributed by atoms with Crippen LogP contribution < -0.4 is 0 Å². The van der Waals surface area contributed by atoms with E-state index in [4.69, 9.17) is 4.74 Å². The second kappa shape index (κ2) is 6.70. The number of esters is 1. The minimum absolute atomic E-state index is 0.0431. The van der Waals surface area contributed by atoms with E-state index in [1.165, 1.54) is 31.3 Å². The zero-order valence-electron chi connectivity index (χ0n) is 15.7. The van der Waals surface area contributed by atoms with E-state index < -0.39 is 6.10 Å². The fourth-order valence-corrected chi connectivity index (χ4v) is 5.87. The largest absolute Gasteiger partial charge is 0.461 e. The third-order valence-corrected chi connectivity index (χ3v) is 7.72. The molecule has 4 nitrogen and oxygen atoms in total. The predicted octanol–water partition coefficient (Wildman–Crippen LogP) is 3.15. The van der Waals surface area contributed by atoms with Crippen molar-refractivity contribution >= 4 is 5.97 Å². The summed E-state index contributed by atoms with van der Waals surface area (Å²) in [7, 11) is 0. The average Bonchev–Trinajstić information content (AvgIpc) is 2.76. The summed E-state index contributed by atoms with van der Waals surface area (Å²) in [5.74, 6) is 0.177. The SMILES string of the molecule is C[C@H]1CCC=C2C[C@H]3OC(=O)[C@@H](CN4CCCCCC4)[C@H]3[C@@H](O)[C@@]21C. The highest BCUT2D eigenvalue weighted by molar-refractivity contribution is 5.76. The smallest absolute Gasteiger partial charge is 0.311 e. The van der Waals surface area contributed by atoms with Gasteiger partial charge in [0.2, 0.25) is 0 Å². The minimum Gasteiger partial charge on any atom is -0.461 e. The average molecular weight is 347 g/mol. The van der Waals surface area contributed by atoms with Crippen LogP contribution in [-0.2, 0) is 9.53 Å². The zero-order chi connectivity index (χ0) is 17.6. The number of rotatable bonds is 2. The van der Waals surface area contributed by atoms with Crippen molar-refractivity contribution in [2.75, 3.05) is 19.6 Å². The van der Waals surface area contributed by atoms with Gasteiger partial charge in [-0.25, -0.2) is 0 Å². The zero-order valence-corrected chi connectivity index (χ0v) is 15.7. The fraction of sp³-hybridized carbons (Fsp3) is 0.857.